The summed E-state index contributed by atoms with van der Waals surface area (Å²) in [6.07, 6.45) is 5.76. The predicted octanol–water partition coefficient (Wildman–Crippen LogP) is 4.88. The first-order valence-electron chi connectivity index (χ1n) is 11.8. The van der Waals surface area contributed by atoms with E-state index in [2.05, 4.69) is 6.07 Å². The summed E-state index contributed by atoms with van der Waals surface area (Å²) in [5.41, 5.74) is 1.59. The SMILES string of the molecule is O=C(c1ccc(S(=O)(=O)N2CCCCCC2)cc1)N1CCC(c2nc3ccccc3s2)CC1. The molecular formula is C25H29N3O3S2. The number of nitrogens with zero attached hydrogens (tertiary/aromatic N) is 3. The Balaban J connectivity index is 1.23. The molecule has 3 aromatic rings. The van der Waals surface area contributed by atoms with Crippen molar-refractivity contribution in [2.75, 3.05) is 26.2 Å². The number of thiazole rings is 1. The van der Waals surface area contributed by atoms with E-state index in [9.17, 15) is 13.2 Å². The van der Waals surface area contributed by atoms with Crippen molar-refractivity contribution in [1.82, 2.24) is 14.2 Å². The first-order valence-corrected chi connectivity index (χ1v) is 14.0. The number of likely N-dealkylation sites (tertiary alicyclic amines) is 1. The maximum atomic E-state index is 13.0. The quantitative estimate of drug-likeness (QED) is 0.530. The van der Waals surface area contributed by atoms with Gasteiger partial charge < -0.3 is 4.90 Å². The fraction of sp³-hybridized carbons (Fsp3) is 0.440. The molecule has 8 heteroatoms. The minimum atomic E-state index is -3.50. The van der Waals surface area contributed by atoms with Crippen LogP contribution in [0.15, 0.2) is 53.4 Å². The average Bonchev–Trinajstić information content (AvgIpc) is 3.09. The zero-order valence-corrected chi connectivity index (χ0v) is 20.3. The molecule has 0 saturated carbocycles. The van der Waals surface area contributed by atoms with Crippen LogP contribution in [-0.4, -0.2) is 54.7 Å². The number of carbonyl (C=O) groups excluding carboxylic acids is 1. The topological polar surface area (TPSA) is 70.6 Å². The second-order valence-corrected chi connectivity index (χ2v) is 11.9. The highest BCUT2D eigenvalue weighted by atomic mass is 32.2. The summed E-state index contributed by atoms with van der Waals surface area (Å²) in [7, 11) is -3.50. The van der Waals surface area contributed by atoms with E-state index in [0.29, 0.717) is 37.7 Å². The fourth-order valence-corrected chi connectivity index (χ4v) is 7.43. The molecule has 2 aliphatic rings. The summed E-state index contributed by atoms with van der Waals surface area (Å²) < 4.78 is 28.8. The van der Waals surface area contributed by atoms with Gasteiger partial charge in [-0.15, -0.1) is 11.3 Å². The van der Waals surface area contributed by atoms with Crippen LogP contribution < -0.4 is 0 Å². The number of sulfonamides is 1. The third kappa shape index (κ3) is 4.69. The summed E-state index contributed by atoms with van der Waals surface area (Å²) >= 11 is 1.75. The van der Waals surface area contributed by atoms with Gasteiger partial charge in [-0.1, -0.05) is 25.0 Å². The standard InChI is InChI=1S/C25H29N3O3S2/c29-25(20-9-11-21(12-10-20)33(30,31)28-15-5-1-2-6-16-28)27-17-13-19(14-18-27)24-26-22-7-3-4-8-23(22)32-24/h3-4,7-12,19H,1-2,5-6,13-18H2. The van der Waals surface area contributed by atoms with Gasteiger partial charge in [-0.2, -0.15) is 4.31 Å². The molecule has 0 N–H and O–H groups in total. The lowest BCUT2D eigenvalue weighted by atomic mass is 9.97. The van der Waals surface area contributed by atoms with Gasteiger partial charge in [-0.3, -0.25) is 4.79 Å². The van der Waals surface area contributed by atoms with E-state index < -0.39 is 10.0 Å². The second-order valence-electron chi connectivity index (χ2n) is 8.93. The van der Waals surface area contributed by atoms with E-state index in [-0.39, 0.29) is 10.8 Å². The number of hydrogen-bond donors (Lipinski definition) is 0. The molecule has 2 aliphatic heterocycles. The van der Waals surface area contributed by atoms with Gasteiger partial charge in [0, 0.05) is 37.7 Å². The molecule has 0 atom stereocenters. The van der Waals surface area contributed by atoms with Gasteiger partial charge in [-0.05, 0) is 62.1 Å². The Bertz CT molecular complexity index is 1190. The Hall–Kier alpha value is -2.29. The molecule has 0 bridgehead atoms. The highest BCUT2D eigenvalue weighted by Crippen LogP contribution is 2.34. The van der Waals surface area contributed by atoms with Crippen molar-refractivity contribution in [1.29, 1.82) is 0 Å². The van der Waals surface area contributed by atoms with Crippen LogP contribution in [0, 0.1) is 0 Å². The summed E-state index contributed by atoms with van der Waals surface area (Å²) in [6.45, 7) is 2.53. The van der Waals surface area contributed by atoms with Gasteiger partial charge in [0.1, 0.15) is 0 Å². The smallest absolute Gasteiger partial charge is 0.253 e. The largest absolute Gasteiger partial charge is 0.339 e. The van der Waals surface area contributed by atoms with Gasteiger partial charge in [0.25, 0.3) is 5.91 Å². The van der Waals surface area contributed by atoms with E-state index >= 15 is 0 Å². The Morgan fingerprint density at radius 3 is 2.21 bits per heavy atom. The Kier molecular flexibility index (Phi) is 6.49. The second kappa shape index (κ2) is 9.52. The molecule has 2 saturated heterocycles. The van der Waals surface area contributed by atoms with Crippen LogP contribution in [-0.2, 0) is 10.0 Å². The minimum absolute atomic E-state index is 0.0310. The van der Waals surface area contributed by atoms with Crippen molar-refractivity contribution < 1.29 is 13.2 Å². The van der Waals surface area contributed by atoms with E-state index in [1.165, 1.54) is 4.70 Å². The highest BCUT2D eigenvalue weighted by Gasteiger charge is 2.28. The van der Waals surface area contributed by atoms with Gasteiger partial charge in [0.15, 0.2) is 0 Å². The van der Waals surface area contributed by atoms with Crippen LogP contribution in [0.2, 0.25) is 0 Å². The van der Waals surface area contributed by atoms with Crippen molar-refractivity contribution in [3.63, 3.8) is 0 Å². The molecule has 33 heavy (non-hydrogen) atoms. The molecular weight excluding hydrogens is 454 g/mol. The lowest BCUT2D eigenvalue weighted by Crippen LogP contribution is -2.38. The summed E-state index contributed by atoms with van der Waals surface area (Å²) in [5, 5.41) is 1.16. The van der Waals surface area contributed by atoms with Crippen LogP contribution in [0.3, 0.4) is 0 Å². The van der Waals surface area contributed by atoms with E-state index in [1.807, 2.05) is 23.1 Å². The normalized spacial score (nSPS) is 19.0. The highest BCUT2D eigenvalue weighted by molar-refractivity contribution is 7.89. The van der Waals surface area contributed by atoms with Gasteiger partial charge in [0.2, 0.25) is 10.0 Å². The molecule has 3 heterocycles. The number of piperidine rings is 1. The third-order valence-electron chi connectivity index (χ3n) is 6.75. The van der Waals surface area contributed by atoms with E-state index in [0.717, 1.165) is 49.0 Å². The number of rotatable bonds is 4. The van der Waals surface area contributed by atoms with Crippen molar-refractivity contribution in [3.05, 3.63) is 59.1 Å². The number of hydrogen-bond acceptors (Lipinski definition) is 5. The Labute approximate surface area is 199 Å². The zero-order chi connectivity index (χ0) is 22.8. The van der Waals surface area contributed by atoms with Crippen LogP contribution in [0.25, 0.3) is 10.2 Å². The summed E-state index contributed by atoms with van der Waals surface area (Å²) in [6, 6.07) is 14.7. The van der Waals surface area contributed by atoms with Crippen LogP contribution >= 0.6 is 11.3 Å². The Morgan fingerprint density at radius 1 is 0.879 bits per heavy atom. The van der Waals surface area contributed by atoms with Gasteiger partial charge in [0.05, 0.1) is 20.1 Å². The molecule has 6 nitrogen and oxygen atoms in total. The first-order chi connectivity index (χ1) is 16.0. The number of carbonyl (C=O) groups is 1. The molecule has 5 rings (SSSR count). The molecule has 1 amide bonds. The number of benzene rings is 2. The minimum Gasteiger partial charge on any atom is -0.339 e. The first kappa shape index (κ1) is 22.5. The van der Waals surface area contributed by atoms with Gasteiger partial charge in [-0.25, -0.2) is 13.4 Å². The number of amides is 1. The maximum Gasteiger partial charge on any atom is 0.253 e. The predicted molar refractivity (Wildman–Crippen MR) is 131 cm³/mol. The average molecular weight is 484 g/mol. The lowest BCUT2D eigenvalue weighted by Gasteiger charge is -2.31. The zero-order valence-electron chi connectivity index (χ0n) is 18.7. The molecule has 2 fully saturated rings. The van der Waals surface area contributed by atoms with Crippen LogP contribution in [0.5, 0.6) is 0 Å². The molecule has 174 valence electrons. The monoisotopic (exact) mass is 483 g/mol. The molecule has 2 aromatic carbocycles. The van der Waals surface area contributed by atoms with E-state index in [4.69, 9.17) is 4.98 Å². The van der Waals surface area contributed by atoms with Gasteiger partial charge >= 0.3 is 0 Å². The molecule has 0 aliphatic carbocycles. The number of para-hydroxylation sites is 1. The van der Waals surface area contributed by atoms with Crippen molar-refractivity contribution in [2.24, 2.45) is 0 Å². The third-order valence-corrected chi connectivity index (χ3v) is 9.86. The van der Waals surface area contributed by atoms with Crippen LogP contribution in [0.4, 0.5) is 0 Å². The van der Waals surface area contributed by atoms with E-state index in [1.54, 1.807) is 39.9 Å². The maximum absolute atomic E-state index is 13.0. The van der Waals surface area contributed by atoms with Crippen molar-refractivity contribution in [3.8, 4) is 0 Å². The van der Waals surface area contributed by atoms with Crippen molar-refractivity contribution >= 4 is 37.5 Å². The molecule has 0 radical (unpaired) electrons. The Morgan fingerprint density at radius 2 is 1.55 bits per heavy atom. The summed E-state index contributed by atoms with van der Waals surface area (Å²) in [5.74, 6) is 0.351. The van der Waals surface area contributed by atoms with Crippen LogP contribution in [0.1, 0.15) is 59.8 Å². The van der Waals surface area contributed by atoms with Crippen molar-refractivity contribution in [2.45, 2.75) is 49.3 Å². The number of fused-ring (bicyclic) bond motifs is 1. The fourth-order valence-electron chi connectivity index (χ4n) is 4.78. The number of aromatic nitrogens is 1. The molecule has 1 aromatic heterocycles. The summed E-state index contributed by atoms with van der Waals surface area (Å²) in [4.78, 5) is 20.0. The lowest BCUT2D eigenvalue weighted by molar-refractivity contribution is 0.0713. The molecule has 0 spiro atoms. The molecule has 0 unspecified atom stereocenters.